The second kappa shape index (κ2) is 10.9. The van der Waals surface area contributed by atoms with Crippen LogP contribution in [0, 0.1) is 6.92 Å². The van der Waals surface area contributed by atoms with Crippen LogP contribution >= 0.6 is 11.3 Å². The highest BCUT2D eigenvalue weighted by atomic mass is 32.1. The first-order valence-corrected chi connectivity index (χ1v) is 11.3. The highest BCUT2D eigenvalue weighted by Gasteiger charge is 2.20. The van der Waals surface area contributed by atoms with Crippen molar-refractivity contribution in [2.75, 3.05) is 13.2 Å². The molecule has 0 bridgehead atoms. The number of ether oxygens (including phenoxy) is 2. The molecule has 0 radical (unpaired) electrons. The molecule has 2 heterocycles. The van der Waals surface area contributed by atoms with Gasteiger partial charge in [0.15, 0.2) is 22.3 Å². The largest absolute Gasteiger partial charge is 0.490 e. The summed E-state index contributed by atoms with van der Waals surface area (Å²) in [5.41, 5.74) is 1.60. The number of nitrogens with one attached hydrogen (secondary N) is 1. The number of hydrogen-bond acceptors (Lipinski definition) is 7. The molecule has 31 heavy (non-hydrogen) atoms. The third-order valence-corrected chi connectivity index (χ3v) is 5.65. The van der Waals surface area contributed by atoms with Crippen LogP contribution in [0.3, 0.4) is 0 Å². The summed E-state index contributed by atoms with van der Waals surface area (Å²) in [5, 5.41) is 3.69. The van der Waals surface area contributed by atoms with Crippen LogP contribution in [0.15, 0.2) is 36.7 Å². The minimum atomic E-state index is -0.213. The molecule has 3 rings (SSSR count). The molecule has 3 aromatic rings. The maximum absolute atomic E-state index is 12.9. The van der Waals surface area contributed by atoms with Crippen LogP contribution in [0.1, 0.15) is 60.6 Å². The smallest absolute Gasteiger partial charge is 0.263 e. The number of aromatic nitrogens is 3. The van der Waals surface area contributed by atoms with Crippen molar-refractivity contribution >= 4 is 17.2 Å². The molecule has 8 heteroatoms. The lowest BCUT2D eigenvalue weighted by atomic mass is 10.1. The zero-order chi connectivity index (χ0) is 22.2. The standard InChI is InChI=1S/C23H28N4O3S/c1-5-12-29-18-9-8-17(14-19(18)30-13-6-2)15(3)26-22(28)20-16(4)27-23(31-20)21-24-10-7-11-25-21/h7-11,14-15H,5-6,12-13H2,1-4H3,(H,26,28). The summed E-state index contributed by atoms with van der Waals surface area (Å²) in [5.74, 6) is 1.77. The molecular formula is C23H28N4O3S. The summed E-state index contributed by atoms with van der Waals surface area (Å²) < 4.78 is 11.7. The second-order valence-corrected chi connectivity index (χ2v) is 8.10. The molecule has 1 aromatic carbocycles. The molecule has 1 amide bonds. The zero-order valence-corrected chi connectivity index (χ0v) is 19.2. The van der Waals surface area contributed by atoms with Gasteiger partial charge in [-0.2, -0.15) is 0 Å². The minimum Gasteiger partial charge on any atom is -0.490 e. The number of thiazole rings is 1. The predicted molar refractivity (Wildman–Crippen MR) is 122 cm³/mol. The van der Waals surface area contributed by atoms with Gasteiger partial charge in [0.2, 0.25) is 0 Å². The Morgan fingerprint density at radius 1 is 1.10 bits per heavy atom. The van der Waals surface area contributed by atoms with Crippen LogP contribution in [0.2, 0.25) is 0 Å². The van der Waals surface area contributed by atoms with E-state index in [0.717, 1.165) is 24.2 Å². The number of carbonyl (C=O) groups is 1. The van der Waals surface area contributed by atoms with E-state index >= 15 is 0 Å². The number of amides is 1. The van der Waals surface area contributed by atoms with E-state index in [1.54, 1.807) is 18.5 Å². The molecule has 2 aromatic heterocycles. The lowest BCUT2D eigenvalue weighted by molar-refractivity contribution is 0.0943. The first-order valence-electron chi connectivity index (χ1n) is 10.5. The van der Waals surface area contributed by atoms with Crippen molar-refractivity contribution in [1.82, 2.24) is 20.3 Å². The van der Waals surface area contributed by atoms with Crippen LogP contribution in [0.4, 0.5) is 0 Å². The number of benzene rings is 1. The van der Waals surface area contributed by atoms with Crippen molar-refractivity contribution in [2.45, 2.75) is 46.6 Å². The Morgan fingerprint density at radius 2 is 1.77 bits per heavy atom. The summed E-state index contributed by atoms with van der Waals surface area (Å²) in [6.07, 6.45) is 5.15. The van der Waals surface area contributed by atoms with Gasteiger partial charge in [-0.05, 0) is 50.5 Å². The lowest BCUT2D eigenvalue weighted by Crippen LogP contribution is -2.26. The normalized spacial score (nSPS) is 11.7. The van der Waals surface area contributed by atoms with Gasteiger partial charge in [-0.1, -0.05) is 19.9 Å². The fourth-order valence-corrected chi connectivity index (χ4v) is 3.83. The lowest BCUT2D eigenvalue weighted by Gasteiger charge is -2.18. The maximum atomic E-state index is 12.9. The van der Waals surface area contributed by atoms with Crippen molar-refractivity contribution in [3.05, 3.63) is 52.8 Å². The summed E-state index contributed by atoms with van der Waals surface area (Å²) in [4.78, 5) is 26.4. The van der Waals surface area contributed by atoms with Gasteiger partial charge in [-0.15, -0.1) is 11.3 Å². The fraction of sp³-hybridized carbons (Fsp3) is 0.391. The van der Waals surface area contributed by atoms with E-state index in [-0.39, 0.29) is 11.9 Å². The monoisotopic (exact) mass is 440 g/mol. The van der Waals surface area contributed by atoms with E-state index in [9.17, 15) is 4.79 Å². The van der Waals surface area contributed by atoms with Crippen molar-refractivity contribution in [1.29, 1.82) is 0 Å². The zero-order valence-electron chi connectivity index (χ0n) is 18.3. The summed E-state index contributed by atoms with van der Waals surface area (Å²) in [7, 11) is 0. The molecule has 164 valence electrons. The number of rotatable bonds is 10. The van der Waals surface area contributed by atoms with Gasteiger partial charge in [0.05, 0.1) is 24.9 Å². The van der Waals surface area contributed by atoms with E-state index in [1.807, 2.05) is 32.0 Å². The Kier molecular flexibility index (Phi) is 7.94. The molecule has 1 N–H and O–H groups in total. The molecule has 1 atom stereocenters. The number of carbonyl (C=O) groups excluding carboxylic acids is 1. The molecule has 1 unspecified atom stereocenters. The molecule has 0 fully saturated rings. The summed E-state index contributed by atoms with van der Waals surface area (Å²) in [6, 6.07) is 7.33. The van der Waals surface area contributed by atoms with Gasteiger partial charge in [-0.25, -0.2) is 15.0 Å². The van der Waals surface area contributed by atoms with Gasteiger partial charge < -0.3 is 14.8 Å². The van der Waals surface area contributed by atoms with E-state index in [1.165, 1.54) is 11.3 Å². The van der Waals surface area contributed by atoms with Crippen molar-refractivity contribution in [3.8, 4) is 22.3 Å². The molecule has 7 nitrogen and oxygen atoms in total. The highest BCUT2D eigenvalue weighted by molar-refractivity contribution is 7.17. The van der Waals surface area contributed by atoms with Crippen molar-refractivity contribution < 1.29 is 14.3 Å². The number of hydrogen-bond donors (Lipinski definition) is 1. The van der Waals surface area contributed by atoms with Crippen LogP contribution in [0.25, 0.3) is 10.8 Å². The van der Waals surface area contributed by atoms with E-state index in [2.05, 4.69) is 34.1 Å². The summed E-state index contributed by atoms with van der Waals surface area (Å²) >= 11 is 1.29. The Morgan fingerprint density at radius 3 is 2.45 bits per heavy atom. The third-order valence-electron chi connectivity index (χ3n) is 4.50. The second-order valence-electron chi connectivity index (χ2n) is 7.10. The topological polar surface area (TPSA) is 86.2 Å². The quantitative estimate of drug-likeness (QED) is 0.479. The first kappa shape index (κ1) is 22.7. The Hall–Kier alpha value is -3.00. The van der Waals surface area contributed by atoms with Gasteiger partial charge >= 0.3 is 0 Å². The third kappa shape index (κ3) is 5.79. The minimum absolute atomic E-state index is 0.174. The SMILES string of the molecule is CCCOc1ccc(C(C)NC(=O)c2sc(-c3ncccn3)nc2C)cc1OCCC. The van der Waals surface area contributed by atoms with Gasteiger partial charge in [0.25, 0.3) is 5.91 Å². The molecule has 0 aliphatic heterocycles. The molecule has 0 spiro atoms. The molecular weight excluding hydrogens is 412 g/mol. The Labute approximate surface area is 186 Å². The maximum Gasteiger partial charge on any atom is 0.263 e. The van der Waals surface area contributed by atoms with Crippen molar-refractivity contribution in [2.24, 2.45) is 0 Å². The average molecular weight is 441 g/mol. The average Bonchev–Trinajstić information content (AvgIpc) is 3.18. The van der Waals surface area contributed by atoms with Crippen LogP contribution < -0.4 is 14.8 Å². The number of nitrogens with zero attached hydrogens (tertiary/aromatic N) is 3. The first-order chi connectivity index (χ1) is 15.0. The summed E-state index contributed by atoms with van der Waals surface area (Å²) in [6.45, 7) is 9.13. The number of aryl methyl sites for hydroxylation is 1. The predicted octanol–water partition coefficient (Wildman–Crippen LogP) is 4.98. The van der Waals surface area contributed by atoms with Gasteiger partial charge in [0.1, 0.15) is 4.88 Å². The van der Waals surface area contributed by atoms with Crippen LogP contribution in [-0.2, 0) is 0 Å². The molecule has 0 saturated heterocycles. The van der Waals surface area contributed by atoms with E-state index in [0.29, 0.717) is 40.4 Å². The molecule has 0 saturated carbocycles. The van der Waals surface area contributed by atoms with Gasteiger partial charge in [-0.3, -0.25) is 4.79 Å². The van der Waals surface area contributed by atoms with E-state index < -0.39 is 0 Å². The Balaban J connectivity index is 1.75. The van der Waals surface area contributed by atoms with Crippen molar-refractivity contribution in [3.63, 3.8) is 0 Å². The van der Waals surface area contributed by atoms with Crippen LogP contribution in [0.5, 0.6) is 11.5 Å². The highest BCUT2D eigenvalue weighted by Crippen LogP contribution is 2.31. The Bertz CT molecular complexity index is 1010. The molecule has 0 aliphatic carbocycles. The molecule has 0 aliphatic rings. The van der Waals surface area contributed by atoms with Crippen LogP contribution in [-0.4, -0.2) is 34.1 Å². The van der Waals surface area contributed by atoms with E-state index in [4.69, 9.17) is 9.47 Å². The van der Waals surface area contributed by atoms with Gasteiger partial charge in [0, 0.05) is 12.4 Å². The fourth-order valence-electron chi connectivity index (χ4n) is 2.91.